The van der Waals surface area contributed by atoms with Gasteiger partial charge in [0.1, 0.15) is 4.88 Å². The van der Waals surface area contributed by atoms with Gasteiger partial charge in [0.05, 0.1) is 17.2 Å². The molecule has 8 heteroatoms. The van der Waals surface area contributed by atoms with Crippen LogP contribution in [0.2, 0.25) is 0 Å². The Hall–Kier alpha value is -1.61. The Bertz CT molecular complexity index is 1060. The molecule has 6 nitrogen and oxygen atoms in total. The molecule has 2 fully saturated rings. The van der Waals surface area contributed by atoms with Crippen LogP contribution in [0.15, 0.2) is 6.07 Å². The number of carbonyl (C=O) groups is 2. The molecule has 1 N–H and O–H groups in total. The van der Waals surface area contributed by atoms with Crippen LogP contribution in [-0.4, -0.2) is 43.0 Å². The molecule has 206 valence electrons. The Morgan fingerprint density at radius 1 is 1.08 bits per heavy atom. The SMILES string of the molecule is CC(C)(C#Cc1cc(N(C(=O)[C@H]2CC[C@H](C)CC2)[C@H]2CC[C@H](C)CC2)c(C(=O)O)s1)CCOP(C)(C)=O. The molecule has 0 bridgehead atoms. The van der Waals surface area contributed by atoms with Crippen molar-refractivity contribution in [2.45, 2.75) is 91.5 Å². The molecule has 2 aliphatic carbocycles. The lowest BCUT2D eigenvalue weighted by Gasteiger charge is -2.39. The third-order valence-corrected chi connectivity index (χ3v) is 9.60. The minimum atomic E-state index is -2.55. The Morgan fingerprint density at radius 3 is 2.19 bits per heavy atom. The zero-order chi connectivity index (χ0) is 27.4. The summed E-state index contributed by atoms with van der Waals surface area (Å²) in [5.74, 6) is 6.74. The van der Waals surface area contributed by atoms with Crippen LogP contribution in [-0.2, 0) is 13.9 Å². The Labute approximate surface area is 227 Å². The molecule has 37 heavy (non-hydrogen) atoms. The number of carboxylic acids is 1. The molecule has 0 spiro atoms. The first-order valence-electron chi connectivity index (χ1n) is 13.7. The summed E-state index contributed by atoms with van der Waals surface area (Å²) in [6.07, 6.45) is 8.35. The average molecular weight is 550 g/mol. The van der Waals surface area contributed by atoms with Crippen LogP contribution < -0.4 is 4.90 Å². The van der Waals surface area contributed by atoms with Crippen LogP contribution in [0.4, 0.5) is 5.69 Å². The van der Waals surface area contributed by atoms with E-state index in [4.69, 9.17) is 4.52 Å². The third-order valence-electron chi connectivity index (χ3n) is 7.77. The number of amides is 1. The fourth-order valence-electron chi connectivity index (χ4n) is 5.29. The van der Waals surface area contributed by atoms with Crippen LogP contribution in [0.1, 0.15) is 100 Å². The Kier molecular flexibility index (Phi) is 10.1. The summed E-state index contributed by atoms with van der Waals surface area (Å²) in [5.41, 5.74) is 0.125. The van der Waals surface area contributed by atoms with Crippen LogP contribution in [0.3, 0.4) is 0 Å². The average Bonchev–Trinajstić information content (AvgIpc) is 3.23. The summed E-state index contributed by atoms with van der Waals surface area (Å²) in [7, 11) is -2.55. The van der Waals surface area contributed by atoms with Gasteiger partial charge in [-0.3, -0.25) is 9.36 Å². The van der Waals surface area contributed by atoms with Crippen molar-refractivity contribution in [2.24, 2.45) is 23.2 Å². The largest absolute Gasteiger partial charge is 0.477 e. The highest BCUT2D eigenvalue weighted by Crippen LogP contribution is 2.40. The predicted octanol–water partition coefficient (Wildman–Crippen LogP) is 7.51. The van der Waals surface area contributed by atoms with Gasteiger partial charge in [-0.2, -0.15) is 0 Å². The highest BCUT2D eigenvalue weighted by Gasteiger charge is 2.37. The fourth-order valence-corrected chi connectivity index (χ4v) is 6.66. The quantitative estimate of drug-likeness (QED) is 0.268. The van der Waals surface area contributed by atoms with E-state index in [1.165, 1.54) is 0 Å². The van der Waals surface area contributed by atoms with Crippen molar-refractivity contribution < 1.29 is 23.8 Å². The Balaban J connectivity index is 1.90. The summed E-state index contributed by atoms with van der Waals surface area (Å²) >= 11 is 1.15. The van der Waals surface area contributed by atoms with Crippen molar-refractivity contribution in [2.75, 3.05) is 24.8 Å². The second kappa shape index (κ2) is 12.5. The molecule has 2 saturated carbocycles. The van der Waals surface area contributed by atoms with Crippen LogP contribution >= 0.6 is 18.7 Å². The standard InChI is InChI=1S/C29H44NO5PS/c1-20-7-11-22(12-8-20)27(31)30(23-13-9-21(2)10-14-23)25-19-24(37-26(25)28(32)33)15-16-29(3,4)17-18-35-36(5,6)34/h19-23H,7-14,17-18H2,1-6H3,(H,32,33)/t20-,21-,22-,23-. The highest BCUT2D eigenvalue weighted by molar-refractivity contribution is 7.57. The number of thiophene rings is 1. The van der Waals surface area contributed by atoms with Crippen molar-refractivity contribution in [3.8, 4) is 11.8 Å². The molecule has 0 aliphatic heterocycles. The van der Waals surface area contributed by atoms with Gasteiger partial charge in [0.25, 0.3) is 0 Å². The van der Waals surface area contributed by atoms with E-state index < -0.39 is 18.8 Å². The third kappa shape index (κ3) is 8.70. The maximum absolute atomic E-state index is 14.0. The van der Waals surface area contributed by atoms with Gasteiger partial charge in [-0.1, -0.05) is 25.7 Å². The van der Waals surface area contributed by atoms with E-state index in [1.807, 2.05) is 24.8 Å². The summed E-state index contributed by atoms with van der Waals surface area (Å²) in [5, 5.41) is 10.1. The van der Waals surface area contributed by atoms with E-state index in [2.05, 4.69) is 25.7 Å². The number of rotatable bonds is 8. The zero-order valence-corrected chi connectivity index (χ0v) is 25.1. The number of anilines is 1. The normalized spacial score (nSPS) is 24.7. The first kappa shape index (κ1) is 29.9. The van der Waals surface area contributed by atoms with Gasteiger partial charge < -0.3 is 14.5 Å². The smallest absolute Gasteiger partial charge is 0.348 e. The van der Waals surface area contributed by atoms with E-state index in [-0.39, 0.29) is 22.7 Å². The molecule has 2 aliphatic rings. The number of aromatic carboxylic acids is 1. The number of carbonyl (C=O) groups excluding carboxylic acids is 1. The van der Waals surface area contributed by atoms with Gasteiger partial charge in [-0.05, 0) is 89.5 Å². The summed E-state index contributed by atoms with van der Waals surface area (Å²) in [6, 6.07) is 1.85. The van der Waals surface area contributed by atoms with Gasteiger partial charge >= 0.3 is 5.97 Å². The monoisotopic (exact) mass is 549 g/mol. The van der Waals surface area contributed by atoms with E-state index in [9.17, 15) is 19.3 Å². The van der Waals surface area contributed by atoms with Crippen LogP contribution in [0, 0.1) is 35.0 Å². The molecule has 0 aromatic carbocycles. The minimum Gasteiger partial charge on any atom is -0.477 e. The van der Waals surface area contributed by atoms with Crippen LogP contribution in [0.25, 0.3) is 0 Å². The van der Waals surface area contributed by atoms with E-state index >= 15 is 0 Å². The van der Waals surface area contributed by atoms with Crippen molar-refractivity contribution >= 4 is 36.3 Å². The zero-order valence-electron chi connectivity index (χ0n) is 23.3. The number of carboxylic acid groups (broad SMARTS) is 1. The van der Waals surface area contributed by atoms with E-state index in [0.29, 0.717) is 35.4 Å². The second-order valence-electron chi connectivity index (χ2n) is 12.2. The molecule has 0 unspecified atom stereocenters. The van der Waals surface area contributed by atoms with Gasteiger partial charge in [0, 0.05) is 30.7 Å². The first-order chi connectivity index (χ1) is 17.3. The molecule has 0 atom stereocenters. The molecular weight excluding hydrogens is 505 g/mol. The van der Waals surface area contributed by atoms with E-state index in [0.717, 1.165) is 62.7 Å². The van der Waals surface area contributed by atoms with E-state index in [1.54, 1.807) is 13.3 Å². The Morgan fingerprint density at radius 2 is 1.65 bits per heavy atom. The van der Waals surface area contributed by atoms with Gasteiger partial charge in [-0.15, -0.1) is 11.3 Å². The number of hydrogen-bond acceptors (Lipinski definition) is 5. The topological polar surface area (TPSA) is 83.9 Å². The van der Waals surface area contributed by atoms with Crippen molar-refractivity contribution in [3.05, 3.63) is 15.8 Å². The van der Waals surface area contributed by atoms with Crippen molar-refractivity contribution in [3.63, 3.8) is 0 Å². The molecule has 1 heterocycles. The molecule has 0 radical (unpaired) electrons. The minimum absolute atomic E-state index is 0.0314. The molecule has 1 aromatic heterocycles. The fraction of sp³-hybridized carbons (Fsp3) is 0.724. The van der Waals surface area contributed by atoms with Crippen molar-refractivity contribution in [1.82, 2.24) is 0 Å². The van der Waals surface area contributed by atoms with Crippen molar-refractivity contribution in [1.29, 1.82) is 0 Å². The van der Waals surface area contributed by atoms with Gasteiger partial charge in [0.15, 0.2) is 7.37 Å². The summed E-state index contributed by atoms with van der Waals surface area (Å²) < 4.78 is 17.3. The lowest BCUT2D eigenvalue weighted by Crippen LogP contribution is -2.46. The summed E-state index contributed by atoms with van der Waals surface area (Å²) in [4.78, 5) is 29.0. The first-order valence-corrected chi connectivity index (χ1v) is 17.0. The molecular formula is C29H44NO5PS. The van der Waals surface area contributed by atoms with Gasteiger partial charge in [0.2, 0.25) is 5.91 Å². The molecule has 0 saturated heterocycles. The predicted molar refractivity (Wildman–Crippen MR) is 152 cm³/mol. The lowest BCUT2D eigenvalue weighted by molar-refractivity contribution is -0.124. The molecule has 3 rings (SSSR count). The number of nitrogens with zero attached hydrogens (tertiary/aromatic N) is 1. The lowest BCUT2D eigenvalue weighted by atomic mass is 9.81. The number of hydrogen-bond donors (Lipinski definition) is 1. The van der Waals surface area contributed by atoms with Gasteiger partial charge in [-0.25, -0.2) is 4.79 Å². The molecule has 1 amide bonds. The molecule has 1 aromatic rings. The maximum Gasteiger partial charge on any atom is 0.348 e. The summed E-state index contributed by atoms with van der Waals surface area (Å²) in [6.45, 7) is 12.0. The maximum atomic E-state index is 14.0. The highest BCUT2D eigenvalue weighted by atomic mass is 32.1. The second-order valence-corrected chi connectivity index (χ2v) is 16.0. The van der Waals surface area contributed by atoms with Crippen LogP contribution in [0.5, 0.6) is 0 Å².